The van der Waals surface area contributed by atoms with Gasteiger partial charge in [0.05, 0.1) is 0 Å². The molecule has 0 saturated carbocycles. The third-order valence-electron chi connectivity index (χ3n) is 1.44. The van der Waals surface area contributed by atoms with Crippen LogP contribution in [0.4, 0.5) is 4.39 Å². The average molecular weight is 191 g/mol. The van der Waals surface area contributed by atoms with Gasteiger partial charge >= 0.3 is 0 Å². The molecule has 0 amide bonds. The van der Waals surface area contributed by atoms with Gasteiger partial charge in [-0.3, -0.25) is 5.41 Å². The molecule has 1 aromatic carbocycles. The maximum atomic E-state index is 12.5. The fourth-order valence-corrected chi connectivity index (χ4v) is 0.816. The molecule has 1 aromatic rings. The number of ether oxygens (including phenoxy) is 1. The summed E-state index contributed by atoms with van der Waals surface area (Å²) in [5.41, 5.74) is 0.734. The van der Waals surface area contributed by atoms with Crippen molar-refractivity contribution < 1.29 is 9.13 Å². The van der Waals surface area contributed by atoms with E-state index in [1.165, 1.54) is 12.1 Å². The van der Waals surface area contributed by atoms with E-state index in [0.717, 1.165) is 5.56 Å². The second-order valence-electron chi connectivity index (χ2n) is 2.65. The van der Waals surface area contributed by atoms with E-state index in [0.29, 0.717) is 0 Å². The largest absolute Gasteiger partial charge is 0.469 e. The fraction of sp³-hybridized carbons (Fsp3) is 0.182. The third-order valence-corrected chi connectivity index (χ3v) is 1.44. The summed E-state index contributed by atoms with van der Waals surface area (Å²) in [4.78, 5) is 0. The van der Waals surface area contributed by atoms with Gasteiger partial charge in [0.25, 0.3) is 0 Å². The van der Waals surface area contributed by atoms with E-state index in [1.807, 2.05) is 0 Å². The van der Waals surface area contributed by atoms with Crippen molar-refractivity contribution in [3.05, 3.63) is 35.6 Å². The third kappa shape index (κ3) is 3.72. The first-order chi connectivity index (χ1) is 6.68. The monoisotopic (exact) mass is 191 g/mol. The number of hydrogen-bond donors (Lipinski definition) is 1. The Kier molecular flexibility index (Phi) is 3.69. The minimum Gasteiger partial charge on any atom is -0.469 e. The van der Waals surface area contributed by atoms with Gasteiger partial charge in [-0.05, 0) is 24.3 Å². The zero-order valence-electron chi connectivity index (χ0n) is 7.80. The molecule has 0 radical (unpaired) electrons. The van der Waals surface area contributed by atoms with Gasteiger partial charge in [-0.1, -0.05) is 11.8 Å². The molecule has 0 fully saturated rings. The lowest BCUT2D eigenvalue weighted by atomic mass is 10.2. The van der Waals surface area contributed by atoms with Crippen molar-refractivity contribution in [1.29, 1.82) is 5.41 Å². The Balaban J connectivity index is 2.51. The van der Waals surface area contributed by atoms with Gasteiger partial charge < -0.3 is 4.74 Å². The van der Waals surface area contributed by atoms with E-state index in [4.69, 9.17) is 10.1 Å². The first kappa shape index (κ1) is 10.3. The molecule has 72 valence electrons. The van der Waals surface area contributed by atoms with Crippen LogP contribution in [0.1, 0.15) is 12.5 Å². The molecule has 0 atom stereocenters. The summed E-state index contributed by atoms with van der Waals surface area (Å²) < 4.78 is 17.3. The highest BCUT2D eigenvalue weighted by atomic mass is 19.1. The summed E-state index contributed by atoms with van der Waals surface area (Å²) in [5.74, 6) is 5.37. The quantitative estimate of drug-likeness (QED) is 0.412. The van der Waals surface area contributed by atoms with Crippen molar-refractivity contribution in [3.63, 3.8) is 0 Å². The Morgan fingerprint density at radius 3 is 2.64 bits per heavy atom. The molecule has 1 rings (SSSR count). The summed E-state index contributed by atoms with van der Waals surface area (Å²) in [6.07, 6.45) is 0. The van der Waals surface area contributed by atoms with E-state index in [-0.39, 0.29) is 18.3 Å². The topological polar surface area (TPSA) is 33.1 Å². The highest BCUT2D eigenvalue weighted by Gasteiger charge is 1.88. The Labute approximate surface area is 82.2 Å². The molecule has 14 heavy (non-hydrogen) atoms. The van der Waals surface area contributed by atoms with E-state index in [1.54, 1.807) is 19.1 Å². The SMILES string of the molecule is CC(=N)OCC#Cc1ccc(F)cc1. The van der Waals surface area contributed by atoms with Crippen molar-refractivity contribution in [2.45, 2.75) is 6.92 Å². The molecule has 0 aromatic heterocycles. The molecule has 1 N–H and O–H groups in total. The van der Waals surface area contributed by atoms with Crippen LogP contribution in [0.15, 0.2) is 24.3 Å². The van der Waals surface area contributed by atoms with Crippen LogP contribution in [0.25, 0.3) is 0 Å². The highest BCUT2D eigenvalue weighted by Crippen LogP contribution is 2.00. The maximum absolute atomic E-state index is 12.5. The van der Waals surface area contributed by atoms with Crippen molar-refractivity contribution in [2.75, 3.05) is 6.61 Å². The fourth-order valence-electron chi connectivity index (χ4n) is 0.816. The Hall–Kier alpha value is -1.82. The lowest BCUT2D eigenvalue weighted by Gasteiger charge is -1.94. The van der Waals surface area contributed by atoms with E-state index in [9.17, 15) is 4.39 Å². The van der Waals surface area contributed by atoms with E-state index in [2.05, 4.69) is 11.8 Å². The summed E-state index contributed by atoms with van der Waals surface area (Å²) in [6.45, 7) is 1.73. The predicted molar refractivity (Wildman–Crippen MR) is 52.6 cm³/mol. The summed E-state index contributed by atoms with van der Waals surface area (Å²) in [7, 11) is 0. The van der Waals surface area contributed by atoms with E-state index < -0.39 is 0 Å². The summed E-state index contributed by atoms with van der Waals surface area (Å²) in [5, 5.41) is 6.97. The molecular formula is C11H10FNO. The number of benzene rings is 1. The van der Waals surface area contributed by atoms with Crippen LogP contribution in [0.2, 0.25) is 0 Å². The number of hydrogen-bond acceptors (Lipinski definition) is 2. The van der Waals surface area contributed by atoms with Crippen LogP contribution >= 0.6 is 0 Å². The minimum atomic E-state index is -0.276. The Morgan fingerprint density at radius 1 is 1.43 bits per heavy atom. The number of rotatable bonds is 1. The molecule has 0 saturated heterocycles. The maximum Gasteiger partial charge on any atom is 0.178 e. The molecule has 0 aliphatic carbocycles. The summed E-state index contributed by atoms with van der Waals surface area (Å²) in [6, 6.07) is 5.90. The molecule has 0 aliphatic heterocycles. The summed E-state index contributed by atoms with van der Waals surface area (Å²) >= 11 is 0. The predicted octanol–water partition coefficient (Wildman–Crippen LogP) is 2.19. The second kappa shape index (κ2) is 5.03. The minimum absolute atomic E-state index is 0.137. The Bertz CT molecular complexity index is 373. The molecule has 3 heteroatoms. The molecule has 0 bridgehead atoms. The van der Waals surface area contributed by atoms with Gasteiger partial charge in [0.1, 0.15) is 5.82 Å². The van der Waals surface area contributed by atoms with Crippen LogP contribution in [0, 0.1) is 23.1 Å². The number of nitrogens with one attached hydrogen (secondary N) is 1. The molecule has 2 nitrogen and oxygen atoms in total. The lowest BCUT2D eigenvalue weighted by Crippen LogP contribution is -1.96. The molecule has 0 spiro atoms. The van der Waals surface area contributed by atoms with Crippen LogP contribution in [0.3, 0.4) is 0 Å². The number of halogens is 1. The standard InChI is InChI=1S/C11H10FNO/c1-9(13)14-8-2-3-10-4-6-11(12)7-5-10/h4-7,13H,8H2,1H3. The van der Waals surface area contributed by atoms with Crippen molar-refractivity contribution in [2.24, 2.45) is 0 Å². The Morgan fingerprint density at radius 2 is 2.07 bits per heavy atom. The van der Waals surface area contributed by atoms with Gasteiger partial charge in [-0.25, -0.2) is 4.39 Å². The van der Waals surface area contributed by atoms with Crippen LogP contribution < -0.4 is 0 Å². The van der Waals surface area contributed by atoms with Crippen LogP contribution in [0.5, 0.6) is 0 Å². The van der Waals surface area contributed by atoms with Gasteiger partial charge in [-0.2, -0.15) is 0 Å². The van der Waals surface area contributed by atoms with Gasteiger partial charge in [-0.15, -0.1) is 0 Å². The molecular weight excluding hydrogens is 181 g/mol. The second-order valence-corrected chi connectivity index (χ2v) is 2.65. The normalized spacial score (nSPS) is 8.71. The lowest BCUT2D eigenvalue weighted by molar-refractivity contribution is 0.351. The average Bonchev–Trinajstić information content (AvgIpc) is 2.15. The van der Waals surface area contributed by atoms with Gasteiger partial charge in [0.2, 0.25) is 0 Å². The highest BCUT2D eigenvalue weighted by molar-refractivity contribution is 5.69. The first-order valence-electron chi connectivity index (χ1n) is 4.11. The van der Waals surface area contributed by atoms with Crippen molar-refractivity contribution >= 4 is 5.90 Å². The van der Waals surface area contributed by atoms with Gasteiger partial charge in [0.15, 0.2) is 12.5 Å². The van der Waals surface area contributed by atoms with Crippen LogP contribution in [-0.2, 0) is 4.74 Å². The zero-order valence-corrected chi connectivity index (χ0v) is 7.80. The van der Waals surface area contributed by atoms with Gasteiger partial charge in [0, 0.05) is 12.5 Å². The molecule has 0 unspecified atom stereocenters. The first-order valence-corrected chi connectivity index (χ1v) is 4.11. The molecule has 0 heterocycles. The zero-order chi connectivity index (χ0) is 10.4. The molecule has 0 aliphatic rings. The van der Waals surface area contributed by atoms with E-state index >= 15 is 0 Å². The smallest absolute Gasteiger partial charge is 0.178 e. The van der Waals surface area contributed by atoms with Crippen LogP contribution in [-0.4, -0.2) is 12.5 Å². The van der Waals surface area contributed by atoms with Crippen molar-refractivity contribution in [1.82, 2.24) is 0 Å². The van der Waals surface area contributed by atoms with Crippen molar-refractivity contribution in [3.8, 4) is 11.8 Å².